The predicted molar refractivity (Wildman–Crippen MR) is 93.0 cm³/mol. The molecule has 0 aliphatic carbocycles. The zero-order valence-corrected chi connectivity index (χ0v) is 14.9. The van der Waals surface area contributed by atoms with Crippen molar-refractivity contribution in [2.45, 2.75) is 37.2 Å². The number of ketones is 1. The lowest BCUT2D eigenvalue weighted by Crippen LogP contribution is -2.74. The zero-order chi connectivity index (χ0) is 18.1. The molecule has 1 fully saturated rings. The van der Waals surface area contributed by atoms with Gasteiger partial charge in [-0.1, -0.05) is 13.0 Å². The smallest absolute Gasteiger partial charge is 0.331 e. The van der Waals surface area contributed by atoms with Crippen LogP contribution in [0, 0.1) is 0 Å². The Hall–Kier alpha value is -2.13. The third-order valence-electron chi connectivity index (χ3n) is 4.10. The lowest BCUT2D eigenvalue weighted by molar-refractivity contribution is -0.160. The van der Waals surface area contributed by atoms with Crippen molar-refractivity contribution in [3.8, 4) is 0 Å². The van der Waals surface area contributed by atoms with E-state index in [0.29, 0.717) is 0 Å². The maximum atomic E-state index is 12.4. The Morgan fingerprint density at radius 3 is 2.72 bits per heavy atom. The van der Waals surface area contributed by atoms with Crippen LogP contribution in [0.15, 0.2) is 28.5 Å². The number of rotatable bonds is 6. The van der Waals surface area contributed by atoms with Gasteiger partial charge in [-0.3, -0.25) is 14.4 Å². The van der Waals surface area contributed by atoms with E-state index < -0.39 is 29.3 Å². The Morgan fingerprint density at radius 1 is 1.36 bits per heavy atom. The van der Waals surface area contributed by atoms with Crippen molar-refractivity contribution in [3.63, 3.8) is 0 Å². The Bertz CT molecular complexity index is 759. The summed E-state index contributed by atoms with van der Waals surface area (Å²) in [5, 5.41) is 15.0. The normalized spacial score (nSPS) is 24.8. The van der Waals surface area contributed by atoms with Crippen molar-refractivity contribution < 1.29 is 24.3 Å². The van der Waals surface area contributed by atoms with Crippen molar-refractivity contribution in [1.29, 1.82) is 0 Å². The molecule has 1 aromatic rings. The molecule has 2 aliphatic heterocycles. The number of thiophene rings is 1. The fourth-order valence-corrected chi connectivity index (χ4v) is 4.81. The molecule has 1 saturated heterocycles. The first-order chi connectivity index (χ1) is 11.9. The zero-order valence-electron chi connectivity index (χ0n) is 13.3. The van der Waals surface area contributed by atoms with Crippen LogP contribution in [0.4, 0.5) is 0 Å². The monoisotopic (exact) mass is 380 g/mol. The highest BCUT2D eigenvalue weighted by atomic mass is 32.2. The quantitative estimate of drug-likeness (QED) is 0.714. The van der Waals surface area contributed by atoms with Gasteiger partial charge >= 0.3 is 5.97 Å². The first kappa shape index (κ1) is 17.7. The van der Waals surface area contributed by atoms with Gasteiger partial charge in [0.05, 0.1) is 6.42 Å². The van der Waals surface area contributed by atoms with Crippen LogP contribution in [0.25, 0.3) is 0 Å². The highest BCUT2D eigenvalue weighted by Gasteiger charge is 2.56. The highest BCUT2D eigenvalue weighted by molar-refractivity contribution is 8.03. The van der Waals surface area contributed by atoms with Crippen LogP contribution in [-0.2, 0) is 25.6 Å². The molecule has 25 heavy (non-hydrogen) atoms. The van der Waals surface area contributed by atoms with Gasteiger partial charge in [0, 0.05) is 16.9 Å². The highest BCUT2D eigenvalue weighted by Crippen LogP contribution is 2.40. The van der Waals surface area contributed by atoms with Gasteiger partial charge in [0.15, 0.2) is 11.8 Å². The SMILES string of the molecule is CCC(=O)C1=CS[C@@H]2C(NC(=O)Cc3cccs3)C(=O)N2C1C(=O)O. The molecule has 3 rings (SSSR count). The molecule has 132 valence electrons. The van der Waals surface area contributed by atoms with E-state index in [4.69, 9.17) is 0 Å². The summed E-state index contributed by atoms with van der Waals surface area (Å²) in [4.78, 5) is 50.1. The second-order valence-corrected chi connectivity index (χ2v) is 7.69. The van der Waals surface area contributed by atoms with Crippen LogP contribution in [0.3, 0.4) is 0 Å². The van der Waals surface area contributed by atoms with Crippen LogP contribution in [0.2, 0.25) is 0 Å². The van der Waals surface area contributed by atoms with Gasteiger partial charge in [-0.25, -0.2) is 4.79 Å². The number of carboxylic acid groups (broad SMARTS) is 1. The van der Waals surface area contributed by atoms with Crippen molar-refractivity contribution in [3.05, 3.63) is 33.4 Å². The first-order valence-electron chi connectivity index (χ1n) is 7.69. The van der Waals surface area contributed by atoms with Gasteiger partial charge in [0.25, 0.3) is 0 Å². The molecule has 3 atom stereocenters. The summed E-state index contributed by atoms with van der Waals surface area (Å²) in [5.41, 5.74) is 0.118. The largest absolute Gasteiger partial charge is 0.479 e. The number of carbonyl (C=O) groups is 4. The van der Waals surface area contributed by atoms with Crippen LogP contribution in [0.1, 0.15) is 18.2 Å². The lowest BCUT2D eigenvalue weighted by atomic mass is 9.95. The molecule has 3 heterocycles. The molecule has 0 saturated carbocycles. The summed E-state index contributed by atoms with van der Waals surface area (Å²) in [5.74, 6) is -2.29. The van der Waals surface area contributed by atoms with Gasteiger partial charge in [-0.2, -0.15) is 0 Å². The molecule has 9 heteroatoms. The fraction of sp³-hybridized carbons (Fsp3) is 0.375. The van der Waals surface area contributed by atoms with E-state index in [0.717, 1.165) is 4.88 Å². The number of fused-ring (bicyclic) bond motifs is 1. The van der Waals surface area contributed by atoms with E-state index in [1.165, 1.54) is 33.4 Å². The number of carbonyl (C=O) groups excluding carboxylic acids is 3. The van der Waals surface area contributed by atoms with E-state index in [1.54, 1.807) is 6.92 Å². The maximum Gasteiger partial charge on any atom is 0.331 e. The van der Waals surface area contributed by atoms with Crippen molar-refractivity contribution in [2.75, 3.05) is 0 Å². The Kier molecular flexibility index (Phi) is 4.96. The molecule has 2 N–H and O–H groups in total. The van der Waals surface area contributed by atoms with Crippen LogP contribution < -0.4 is 5.32 Å². The number of Topliss-reactive ketones (excluding diaryl/α,β-unsaturated/α-hetero) is 1. The Morgan fingerprint density at radius 2 is 2.12 bits per heavy atom. The number of amides is 2. The predicted octanol–water partition coefficient (Wildman–Crippen LogP) is 1.01. The molecule has 0 bridgehead atoms. The summed E-state index contributed by atoms with van der Waals surface area (Å²) < 4.78 is 0. The summed E-state index contributed by atoms with van der Waals surface area (Å²) in [6.07, 6.45) is 0.348. The van der Waals surface area contributed by atoms with Crippen LogP contribution in [0.5, 0.6) is 0 Å². The van der Waals surface area contributed by atoms with Gasteiger partial charge < -0.3 is 15.3 Å². The van der Waals surface area contributed by atoms with Crippen molar-refractivity contribution >= 4 is 46.7 Å². The van der Waals surface area contributed by atoms with Crippen LogP contribution in [-0.4, -0.2) is 51.0 Å². The second-order valence-electron chi connectivity index (χ2n) is 5.66. The van der Waals surface area contributed by atoms with E-state index in [-0.39, 0.29) is 30.1 Å². The minimum Gasteiger partial charge on any atom is -0.479 e. The van der Waals surface area contributed by atoms with Crippen molar-refractivity contribution in [2.24, 2.45) is 0 Å². The lowest BCUT2D eigenvalue weighted by Gasteiger charge is -2.51. The average molecular weight is 380 g/mol. The average Bonchev–Trinajstić information content (AvgIpc) is 3.10. The molecular weight excluding hydrogens is 364 g/mol. The molecule has 0 aromatic carbocycles. The number of aliphatic carboxylic acids is 1. The third-order valence-corrected chi connectivity index (χ3v) is 6.14. The number of nitrogens with zero attached hydrogens (tertiary/aromatic N) is 1. The minimum absolute atomic E-state index is 0.118. The first-order valence-corrected chi connectivity index (χ1v) is 9.51. The van der Waals surface area contributed by atoms with E-state index in [2.05, 4.69) is 5.32 Å². The van der Waals surface area contributed by atoms with Gasteiger partial charge in [0.1, 0.15) is 11.4 Å². The van der Waals surface area contributed by atoms with Gasteiger partial charge in [-0.05, 0) is 16.9 Å². The third kappa shape index (κ3) is 3.21. The molecule has 1 aromatic heterocycles. The topological polar surface area (TPSA) is 104 Å². The number of hydrogen-bond donors (Lipinski definition) is 2. The van der Waals surface area contributed by atoms with E-state index in [1.807, 2.05) is 17.5 Å². The van der Waals surface area contributed by atoms with Gasteiger partial charge in [0.2, 0.25) is 11.8 Å². The minimum atomic E-state index is -1.28. The number of hydrogen-bond acceptors (Lipinski definition) is 6. The molecular formula is C16H16N2O5S2. The van der Waals surface area contributed by atoms with Crippen LogP contribution >= 0.6 is 23.1 Å². The Balaban J connectivity index is 1.72. The molecule has 0 spiro atoms. The standard InChI is InChI=1S/C16H16N2O5S2/c1-2-10(19)9-7-25-15-12(14(21)18(15)13(9)16(22)23)17-11(20)6-8-4-3-5-24-8/h3-5,7,12-13,15H,2,6H2,1H3,(H,17,20)(H,22,23)/t12?,13?,15-/m1/s1. The molecule has 0 radical (unpaired) electrons. The number of β-lactam (4-membered cyclic amide) rings is 1. The summed E-state index contributed by atoms with van der Waals surface area (Å²) in [7, 11) is 0. The second kappa shape index (κ2) is 7.01. The summed E-state index contributed by atoms with van der Waals surface area (Å²) in [6.45, 7) is 1.64. The summed E-state index contributed by atoms with van der Waals surface area (Å²) in [6, 6.07) is 1.63. The van der Waals surface area contributed by atoms with E-state index in [9.17, 15) is 24.3 Å². The van der Waals surface area contributed by atoms with E-state index >= 15 is 0 Å². The number of thioether (sulfide) groups is 1. The molecule has 7 nitrogen and oxygen atoms in total. The number of carboxylic acids is 1. The fourth-order valence-electron chi connectivity index (χ4n) is 2.87. The number of nitrogens with one attached hydrogen (secondary N) is 1. The molecule has 2 amide bonds. The van der Waals surface area contributed by atoms with Gasteiger partial charge in [-0.15, -0.1) is 23.1 Å². The van der Waals surface area contributed by atoms with Crippen molar-refractivity contribution in [1.82, 2.24) is 10.2 Å². The molecule has 2 aliphatic rings. The maximum absolute atomic E-state index is 12.4. The summed E-state index contributed by atoms with van der Waals surface area (Å²) >= 11 is 2.65. The molecule has 2 unspecified atom stereocenters. The Labute approximate surface area is 152 Å².